The molecule has 0 bridgehead atoms. The van der Waals surface area contributed by atoms with Crippen molar-refractivity contribution in [2.45, 2.75) is 19.4 Å². The normalized spacial score (nSPS) is 16.1. The zero-order chi connectivity index (χ0) is 20.6. The number of rotatable bonds is 4. The molecule has 1 saturated heterocycles. The second-order valence-corrected chi connectivity index (χ2v) is 7.96. The van der Waals surface area contributed by atoms with Gasteiger partial charge in [-0.15, -0.1) is 0 Å². The van der Waals surface area contributed by atoms with Crippen LogP contribution in [0.15, 0.2) is 51.7 Å². The Balaban J connectivity index is 1.73. The molecule has 0 saturated carbocycles. The number of benzene rings is 2. The third-order valence-electron chi connectivity index (χ3n) is 5.32. The van der Waals surface area contributed by atoms with E-state index in [0.717, 1.165) is 30.9 Å². The van der Waals surface area contributed by atoms with Crippen LogP contribution in [0.4, 0.5) is 5.69 Å². The van der Waals surface area contributed by atoms with Crippen molar-refractivity contribution in [2.24, 2.45) is 0 Å². The van der Waals surface area contributed by atoms with Gasteiger partial charge in [-0.2, -0.15) is 0 Å². The Morgan fingerprint density at radius 2 is 1.83 bits per heavy atom. The molecule has 1 N–H and O–H groups in total. The maximum absolute atomic E-state index is 12.9. The molecule has 6 heteroatoms. The fraction of sp³-hybridized carbons (Fsp3) is 0.348. The van der Waals surface area contributed by atoms with Crippen LogP contribution in [-0.4, -0.2) is 39.4 Å². The average Bonchev–Trinajstić information content (AvgIpc) is 2.72. The van der Waals surface area contributed by atoms with Crippen LogP contribution in [0.25, 0.3) is 22.3 Å². The molecule has 1 fully saturated rings. The minimum atomic E-state index is -0.0627. The van der Waals surface area contributed by atoms with Crippen molar-refractivity contribution < 1.29 is 13.9 Å². The lowest BCUT2D eigenvalue weighted by Crippen LogP contribution is -2.57. The number of piperazine rings is 1. The molecule has 152 valence electrons. The number of ether oxygens (including phenoxy) is 2. The lowest BCUT2D eigenvalue weighted by atomic mass is 10.0. The van der Waals surface area contributed by atoms with E-state index < -0.39 is 0 Å². The molecule has 0 radical (unpaired) electrons. The Morgan fingerprint density at radius 3 is 2.55 bits per heavy atom. The Kier molecular flexibility index (Phi) is 4.96. The van der Waals surface area contributed by atoms with Crippen LogP contribution >= 0.6 is 0 Å². The van der Waals surface area contributed by atoms with Gasteiger partial charge >= 0.3 is 0 Å². The minimum absolute atomic E-state index is 0.0369. The Hall–Kier alpha value is -2.99. The van der Waals surface area contributed by atoms with Gasteiger partial charge in [0.25, 0.3) is 0 Å². The van der Waals surface area contributed by atoms with Gasteiger partial charge in [-0.25, -0.2) is 0 Å². The van der Waals surface area contributed by atoms with Gasteiger partial charge in [-0.1, -0.05) is 0 Å². The zero-order valence-corrected chi connectivity index (χ0v) is 17.2. The maximum Gasteiger partial charge on any atom is 0.193 e. The first-order valence-corrected chi connectivity index (χ1v) is 9.70. The highest BCUT2D eigenvalue weighted by Gasteiger charge is 2.26. The molecule has 0 unspecified atom stereocenters. The fourth-order valence-corrected chi connectivity index (χ4v) is 3.83. The van der Waals surface area contributed by atoms with Crippen molar-refractivity contribution in [1.82, 2.24) is 5.32 Å². The van der Waals surface area contributed by atoms with E-state index in [1.54, 1.807) is 26.4 Å². The zero-order valence-electron chi connectivity index (χ0n) is 17.2. The third kappa shape index (κ3) is 3.80. The van der Waals surface area contributed by atoms with E-state index in [2.05, 4.69) is 24.1 Å². The molecule has 29 heavy (non-hydrogen) atoms. The monoisotopic (exact) mass is 394 g/mol. The third-order valence-corrected chi connectivity index (χ3v) is 5.32. The van der Waals surface area contributed by atoms with Gasteiger partial charge < -0.3 is 24.1 Å². The van der Waals surface area contributed by atoms with Gasteiger partial charge in [-0.05, 0) is 50.2 Å². The summed E-state index contributed by atoms with van der Waals surface area (Å²) in [5.41, 5.74) is 2.34. The van der Waals surface area contributed by atoms with Crippen LogP contribution in [0.2, 0.25) is 0 Å². The van der Waals surface area contributed by atoms with Crippen LogP contribution in [0.5, 0.6) is 11.5 Å². The molecule has 3 aromatic rings. The van der Waals surface area contributed by atoms with Gasteiger partial charge in [0.15, 0.2) is 16.9 Å². The smallest absolute Gasteiger partial charge is 0.193 e. The van der Waals surface area contributed by atoms with Crippen LogP contribution in [0, 0.1) is 0 Å². The molecule has 0 aliphatic carbocycles. The van der Waals surface area contributed by atoms with E-state index in [9.17, 15) is 4.79 Å². The maximum atomic E-state index is 12.9. The van der Waals surface area contributed by atoms with E-state index in [1.165, 1.54) is 6.07 Å². The molecule has 1 aliphatic rings. The van der Waals surface area contributed by atoms with Crippen LogP contribution in [0.3, 0.4) is 0 Å². The summed E-state index contributed by atoms with van der Waals surface area (Å²) in [6.07, 6.45) is 0. The van der Waals surface area contributed by atoms with E-state index in [0.29, 0.717) is 28.2 Å². The minimum Gasteiger partial charge on any atom is -0.493 e. The van der Waals surface area contributed by atoms with Crippen molar-refractivity contribution >= 4 is 16.7 Å². The highest BCUT2D eigenvalue weighted by atomic mass is 16.5. The van der Waals surface area contributed by atoms with E-state index >= 15 is 0 Å². The number of hydrogen-bond donors (Lipinski definition) is 1. The van der Waals surface area contributed by atoms with Crippen LogP contribution in [-0.2, 0) is 0 Å². The molecule has 1 aromatic heterocycles. The molecule has 2 aromatic carbocycles. The lowest BCUT2D eigenvalue weighted by Gasteiger charge is -2.40. The number of hydrogen-bond acceptors (Lipinski definition) is 6. The van der Waals surface area contributed by atoms with Gasteiger partial charge in [0, 0.05) is 42.5 Å². The Labute approximate surface area is 170 Å². The van der Waals surface area contributed by atoms with E-state index in [1.807, 2.05) is 24.3 Å². The summed E-state index contributed by atoms with van der Waals surface area (Å²) < 4.78 is 16.7. The first-order valence-electron chi connectivity index (χ1n) is 9.70. The molecule has 0 atom stereocenters. The highest BCUT2D eigenvalue weighted by molar-refractivity contribution is 5.82. The van der Waals surface area contributed by atoms with Crippen LogP contribution < -0.4 is 25.1 Å². The SMILES string of the molecule is COc1ccc(-c2cc(=O)c3cc(N4CCNC(C)(C)C4)ccc3o2)cc1OC. The van der Waals surface area contributed by atoms with Gasteiger partial charge in [0.2, 0.25) is 0 Å². The predicted octanol–water partition coefficient (Wildman–Crippen LogP) is 3.67. The van der Waals surface area contributed by atoms with Gasteiger partial charge in [0.05, 0.1) is 19.6 Å². The molecular formula is C23H26N2O4. The average molecular weight is 394 g/mol. The molecule has 1 aliphatic heterocycles. The van der Waals surface area contributed by atoms with Crippen molar-refractivity contribution in [1.29, 1.82) is 0 Å². The summed E-state index contributed by atoms with van der Waals surface area (Å²) in [7, 11) is 3.17. The van der Waals surface area contributed by atoms with E-state index in [4.69, 9.17) is 13.9 Å². The standard InChI is InChI=1S/C23H26N2O4/c1-23(2)14-25(10-9-24-23)16-6-8-19-17(12-16)18(26)13-21(29-19)15-5-7-20(27-3)22(11-15)28-4/h5-8,11-13,24H,9-10,14H2,1-4H3. The van der Waals surface area contributed by atoms with Gasteiger partial charge in [-0.3, -0.25) is 4.79 Å². The summed E-state index contributed by atoms with van der Waals surface area (Å²) in [4.78, 5) is 15.2. The molecule has 6 nitrogen and oxygen atoms in total. The quantitative estimate of drug-likeness (QED) is 0.729. The Bertz CT molecular complexity index is 1100. The first-order chi connectivity index (χ1) is 13.9. The Morgan fingerprint density at radius 1 is 1.03 bits per heavy atom. The molecular weight excluding hydrogens is 368 g/mol. The summed E-state index contributed by atoms with van der Waals surface area (Å²) >= 11 is 0. The topological polar surface area (TPSA) is 63.9 Å². The number of nitrogens with zero attached hydrogens (tertiary/aromatic N) is 1. The summed E-state index contributed by atoms with van der Waals surface area (Å²) in [6, 6.07) is 12.8. The van der Waals surface area contributed by atoms with Gasteiger partial charge in [0.1, 0.15) is 11.3 Å². The number of nitrogens with one attached hydrogen (secondary N) is 1. The summed E-state index contributed by atoms with van der Waals surface area (Å²) in [6.45, 7) is 7.07. The number of fused-ring (bicyclic) bond motifs is 1. The summed E-state index contributed by atoms with van der Waals surface area (Å²) in [5, 5.41) is 4.09. The predicted molar refractivity (Wildman–Crippen MR) is 115 cm³/mol. The first kappa shape index (κ1) is 19.3. The van der Waals surface area contributed by atoms with Crippen molar-refractivity contribution in [3.8, 4) is 22.8 Å². The lowest BCUT2D eigenvalue weighted by molar-refractivity contribution is 0.353. The number of anilines is 1. The largest absolute Gasteiger partial charge is 0.493 e. The number of methoxy groups -OCH3 is 2. The fourth-order valence-electron chi connectivity index (χ4n) is 3.83. The van der Waals surface area contributed by atoms with Crippen molar-refractivity contribution in [3.05, 3.63) is 52.7 Å². The second kappa shape index (κ2) is 7.44. The van der Waals surface area contributed by atoms with E-state index in [-0.39, 0.29) is 11.0 Å². The molecule has 4 rings (SSSR count). The van der Waals surface area contributed by atoms with Crippen molar-refractivity contribution in [3.63, 3.8) is 0 Å². The highest BCUT2D eigenvalue weighted by Crippen LogP contribution is 2.33. The molecule has 2 heterocycles. The molecule has 0 spiro atoms. The second-order valence-electron chi connectivity index (χ2n) is 7.96. The van der Waals surface area contributed by atoms with Crippen molar-refractivity contribution in [2.75, 3.05) is 38.8 Å². The van der Waals surface area contributed by atoms with Crippen LogP contribution in [0.1, 0.15) is 13.8 Å². The summed E-state index contributed by atoms with van der Waals surface area (Å²) in [5.74, 6) is 1.71. The molecule has 0 amide bonds.